The Morgan fingerprint density at radius 3 is 2.62 bits per heavy atom. The highest BCUT2D eigenvalue weighted by atomic mass is 79.9. The molecule has 0 amide bonds. The summed E-state index contributed by atoms with van der Waals surface area (Å²) in [6, 6.07) is 8.64. The highest BCUT2D eigenvalue weighted by Gasteiger charge is 2.15. The fourth-order valence-corrected chi connectivity index (χ4v) is 2.95. The van der Waals surface area contributed by atoms with Gasteiger partial charge in [-0.05, 0) is 34.1 Å². The summed E-state index contributed by atoms with van der Waals surface area (Å²) in [7, 11) is 0. The largest absolute Gasteiger partial charge is 0.398 e. The van der Waals surface area contributed by atoms with Crippen LogP contribution in [-0.4, -0.2) is 5.78 Å². The lowest BCUT2D eigenvalue weighted by atomic mass is 10.1. The fourth-order valence-electron chi connectivity index (χ4n) is 1.30. The van der Waals surface area contributed by atoms with Crippen LogP contribution in [0.1, 0.15) is 15.2 Å². The van der Waals surface area contributed by atoms with Gasteiger partial charge < -0.3 is 5.73 Å². The van der Waals surface area contributed by atoms with Gasteiger partial charge in [-0.25, -0.2) is 0 Å². The van der Waals surface area contributed by atoms with E-state index in [0.29, 0.717) is 21.2 Å². The smallest absolute Gasteiger partial charge is 0.205 e. The Morgan fingerprint density at radius 2 is 2.06 bits per heavy atom. The molecule has 0 unspecified atom stereocenters. The lowest BCUT2D eigenvalue weighted by molar-refractivity contribution is 0.104. The van der Waals surface area contributed by atoms with Crippen molar-refractivity contribution in [2.75, 3.05) is 5.73 Å². The van der Waals surface area contributed by atoms with Crippen molar-refractivity contribution in [3.8, 4) is 0 Å². The molecular weight excluding hydrogens is 310 g/mol. The minimum absolute atomic E-state index is 0.101. The first-order valence-electron chi connectivity index (χ1n) is 4.43. The number of anilines is 1. The molecule has 2 aromatic rings. The number of nitrogens with two attached hydrogens (primary N) is 1. The number of hydrogen-bond acceptors (Lipinski definition) is 3. The highest BCUT2D eigenvalue weighted by Crippen LogP contribution is 2.33. The molecule has 2 rings (SSSR count). The number of carbonyl (C=O) groups excluding carboxylic acids is 1. The molecular formula is C11H7BrClNOS. The maximum absolute atomic E-state index is 12.1. The number of carbonyl (C=O) groups is 1. The van der Waals surface area contributed by atoms with E-state index >= 15 is 0 Å². The molecule has 0 aliphatic rings. The molecule has 2 nitrogen and oxygen atoms in total. The van der Waals surface area contributed by atoms with Crippen LogP contribution in [0.4, 0.5) is 5.69 Å². The van der Waals surface area contributed by atoms with E-state index in [9.17, 15) is 4.79 Å². The first-order valence-corrected chi connectivity index (χ1v) is 6.42. The fraction of sp³-hybridized carbons (Fsp3) is 0. The van der Waals surface area contributed by atoms with E-state index in [0.717, 1.165) is 3.79 Å². The van der Waals surface area contributed by atoms with E-state index in [1.165, 1.54) is 11.3 Å². The van der Waals surface area contributed by atoms with Crippen molar-refractivity contribution in [1.29, 1.82) is 0 Å². The van der Waals surface area contributed by atoms with Crippen molar-refractivity contribution >= 4 is 50.3 Å². The molecule has 0 bridgehead atoms. The van der Waals surface area contributed by atoms with Crippen molar-refractivity contribution < 1.29 is 4.79 Å². The van der Waals surface area contributed by atoms with Crippen molar-refractivity contribution in [2.24, 2.45) is 0 Å². The highest BCUT2D eigenvalue weighted by molar-refractivity contribution is 9.11. The van der Waals surface area contributed by atoms with Gasteiger partial charge in [0.15, 0.2) is 0 Å². The van der Waals surface area contributed by atoms with Gasteiger partial charge in [0, 0.05) is 11.3 Å². The Hall–Kier alpha value is -0.840. The van der Waals surface area contributed by atoms with Crippen LogP contribution in [0.25, 0.3) is 0 Å². The first kappa shape index (κ1) is 11.6. The van der Waals surface area contributed by atoms with Crippen molar-refractivity contribution in [3.63, 3.8) is 0 Å². The summed E-state index contributed by atoms with van der Waals surface area (Å²) in [6.07, 6.45) is 0. The van der Waals surface area contributed by atoms with E-state index in [4.69, 9.17) is 17.3 Å². The second kappa shape index (κ2) is 4.57. The van der Waals surface area contributed by atoms with Crippen molar-refractivity contribution in [1.82, 2.24) is 0 Å². The number of nitrogen functional groups attached to an aromatic ring is 1. The topological polar surface area (TPSA) is 43.1 Å². The molecule has 0 saturated carbocycles. The van der Waals surface area contributed by atoms with E-state index < -0.39 is 0 Å². The van der Waals surface area contributed by atoms with E-state index in [2.05, 4.69) is 15.9 Å². The number of para-hydroxylation sites is 1. The molecule has 0 radical (unpaired) electrons. The lowest BCUT2D eigenvalue weighted by Crippen LogP contribution is -2.02. The van der Waals surface area contributed by atoms with Gasteiger partial charge in [-0.1, -0.05) is 23.7 Å². The zero-order chi connectivity index (χ0) is 11.7. The molecule has 1 aromatic carbocycles. The van der Waals surface area contributed by atoms with Gasteiger partial charge in [-0.3, -0.25) is 4.79 Å². The van der Waals surface area contributed by atoms with Crippen LogP contribution < -0.4 is 5.73 Å². The molecule has 1 heterocycles. The summed E-state index contributed by atoms with van der Waals surface area (Å²) in [5, 5.41) is 0.544. The minimum Gasteiger partial charge on any atom is -0.398 e. The molecule has 2 N–H and O–H groups in total. The van der Waals surface area contributed by atoms with Gasteiger partial charge in [0.05, 0.1) is 13.7 Å². The number of ketones is 1. The molecule has 0 atom stereocenters. The van der Waals surface area contributed by atoms with Crippen LogP contribution in [0, 0.1) is 0 Å². The van der Waals surface area contributed by atoms with Gasteiger partial charge in [0.1, 0.15) is 0 Å². The third-order valence-corrected chi connectivity index (χ3v) is 4.55. The molecule has 16 heavy (non-hydrogen) atoms. The van der Waals surface area contributed by atoms with Crippen LogP contribution in [0.5, 0.6) is 0 Å². The molecule has 0 aliphatic carbocycles. The van der Waals surface area contributed by atoms with Gasteiger partial charge >= 0.3 is 0 Å². The van der Waals surface area contributed by atoms with Crippen LogP contribution in [0.3, 0.4) is 0 Å². The third-order valence-electron chi connectivity index (χ3n) is 2.07. The second-order valence-electron chi connectivity index (χ2n) is 3.15. The summed E-state index contributed by atoms with van der Waals surface area (Å²) in [5.74, 6) is -0.101. The first-order chi connectivity index (χ1) is 7.59. The maximum atomic E-state index is 12.1. The van der Waals surface area contributed by atoms with Crippen molar-refractivity contribution in [3.05, 3.63) is 49.6 Å². The standard InChI is InChI=1S/C11H7BrClNOS/c12-11-7(13)5-9(16-11)10(15)6-3-1-2-4-8(6)14/h1-5H,14H2. The van der Waals surface area contributed by atoms with Gasteiger partial charge in [0.2, 0.25) is 5.78 Å². The normalized spacial score (nSPS) is 10.4. The summed E-state index contributed by atoms with van der Waals surface area (Å²) >= 11 is 10.5. The molecule has 0 spiro atoms. The van der Waals surface area contributed by atoms with Gasteiger partial charge in [-0.2, -0.15) is 0 Å². The molecule has 5 heteroatoms. The van der Waals surface area contributed by atoms with Gasteiger partial charge in [0.25, 0.3) is 0 Å². The van der Waals surface area contributed by atoms with Crippen LogP contribution >= 0.6 is 38.9 Å². The third kappa shape index (κ3) is 2.14. The zero-order valence-corrected chi connectivity index (χ0v) is 11.2. The summed E-state index contributed by atoms with van der Waals surface area (Å²) in [5.41, 5.74) is 6.73. The quantitative estimate of drug-likeness (QED) is 0.673. The van der Waals surface area contributed by atoms with Gasteiger partial charge in [-0.15, -0.1) is 11.3 Å². The number of benzene rings is 1. The molecule has 0 aliphatic heterocycles. The van der Waals surface area contributed by atoms with Crippen LogP contribution in [0.2, 0.25) is 5.02 Å². The zero-order valence-electron chi connectivity index (χ0n) is 8.04. The molecule has 82 valence electrons. The van der Waals surface area contributed by atoms with E-state index in [1.54, 1.807) is 30.3 Å². The number of thiophene rings is 1. The van der Waals surface area contributed by atoms with Crippen LogP contribution in [-0.2, 0) is 0 Å². The monoisotopic (exact) mass is 315 g/mol. The number of rotatable bonds is 2. The maximum Gasteiger partial charge on any atom is 0.205 e. The Bertz CT molecular complexity index is 533. The Balaban J connectivity index is 2.43. The summed E-state index contributed by atoms with van der Waals surface area (Å²) in [4.78, 5) is 12.7. The van der Waals surface area contributed by atoms with Crippen molar-refractivity contribution in [2.45, 2.75) is 0 Å². The average Bonchev–Trinajstić information content (AvgIpc) is 2.59. The summed E-state index contributed by atoms with van der Waals surface area (Å²) < 4.78 is 0.756. The second-order valence-corrected chi connectivity index (χ2v) is 5.93. The predicted octanol–water partition coefficient (Wildman–Crippen LogP) is 3.98. The Labute approximate surface area is 110 Å². The molecule has 0 fully saturated rings. The Kier molecular flexibility index (Phi) is 3.33. The predicted molar refractivity (Wildman–Crippen MR) is 71.3 cm³/mol. The minimum atomic E-state index is -0.101. The van der Waals surface area contributed by atoms with E-state index in [-0.39, 0.29) is 5.78 Å². The average molecular weight is 317 g/mol. The molecule has 1 aromatic heterocycles. The molecule has 0 saturated heterocycles. The van der Waals surface area contributed by atoms with Crippen LogP contribution in [0.15, 0.2) is 34.1 Å². The SMILES string of the molecule is Nc1ccccc1C(=O)c1cc(Cl)c(Br)s1. The number of halogens is 2. The summed E-state index contributed by atoms with van der Waals surface area (Å²) in [6.45, 7) is 0. The van der Waals surface area contributed by atoms with E-state index in [1.807, 2.05) is 0 Å². The Morgan fingerprint density at radius 1 is 1.38 bits per heavy atom. The lowest BCUT2D eigenvalue weighted by Gasteiger charge is -2.01. The number of hydrogen-bond donors (Lipinski definition) is 1.